The summed E-state index contributed by atoms with van der Waals surface area (Å²) in [6.07, 6.45) is 24.0. The van der Waals surface area contributed by atoms with E-state index in [4.69, 9.17) is 16.3 Å². The highest BCUT2D eigenvalue weighted by atomic mass is 35.5. The monoisotopic (exact) mass is 770 g/mol. The van der Waals surface area contributed by atoms with Gasteiger partial charge in [0, 0.05) is 52.5 Å². The Morgan fingerprint density at radius 3 is 1.96 bits per heavy atom. The summed E-state index contributed by atoms with van der Waals surface area (Å²) in [7, 11) is 0. The normalized spacial score (nSPS) is 18.6. The second-order valence-corrected chi connectivity index (χ2v) is 18.0. The number of halogens is 1. The van der Waals surface area contributed by atoms with E-state index in [-0.39, 0.29) is 28.5 Å². The number of allylic oxidation sites excluding steroid dienone is 5. The highest BCUT2D eigenvalue weighted by Gasteiger charge is 2.47. The Kier molecular flexibility index (Phi) is 15.0. The van der Waals surface area contributed by atoms with Crippen LogP contribution in [0.25, 0.3) is 0 Å². The van der Waals surface area contributed by atoms with Crippen molar-refractivity contribution in [3.05, 3.63) is 87.3 Å². The van der Waals surface area contributed by atoms with Gasteiger partial charge in [-0.3, -0.25) is 4.79 Å². The number of aliphatic hydroxyl groups excluding tert-OH is 1. The first-order valence-corrected chi connectivity index (χ1v) is 22.2. The van der Waals surface area contributed by atoms with Crippen molar-refractivity contribution in [2.45, 2.75) is 175 Å². The molecule has 0 radical (unpaired) electrons. The second kappa shape index (κ2) is 19.2. The third-order valence-electron chi connectivity index (χ3n) is 12.1. The molecule has 1 aliphatic carbocycles. The molecule has 0 unspecified atom stereocenters. The van der Waals surface area contributed by atoms with E-state index < -0.39 is 0 Å². The van der Waals surface area contributed by atoms with Crippen LogP contribution in [0.3, 0.4) is 0 Å². The van der Waals surface area contributed by atoms with Crippen LogP contribution < -0.4 is 9.64 Å². The zero-order chi connectivity index (χ0) is 39.8. The molecule has 1 N–H and O–H groups in total. The first-order chi connectivity index (χ1) is 26.3. The van der Waals surface area contributed by atoms with Crippen LogP contribution in [0, 0.1) is 0 Å². The molecule has 2 aromatic carbocycles. The Morgan fingerprint density at radius 1 is 0.764 bits per heavy atom. The molecule has 5 nitrogen and oxygen atoms in total. The number of nitrogens with zero attached hydrogens (tertiary/aromatic N) is 2. The maximum atomic E-state index is 14.2. The average Bonchev–Trinajstić information content (AvgIpc) is 3.48. The van der Waals surface area contributed by atoms with Crippen LogP contribution >= 0.6 is 11.6 Å². The van der Waals surface area contributed by atoms with Gasteiger partial charge in [-0.1, -0.05) is 123 Å². The van der Waals surface area contributed by atoms with E-state index in [2.05, 4.69) is 95.2 Å². The zero-order valence-corrected chi connectivity index (χ0v) is 36.2. The van der Waals surface area contributed by atoms with Gasteiger partial charge in [0.2, 0.25) is 11.5 Å². The average molecular weight is 771 g/mol. The van der Waals surface area contributed by atoms with Gasteiger partial charge in [-0.25, -0.2) is 0 Å². The van der Waals surface area contributed by atoms with Crippen molar-refractivity contribution in [1.82, 2.24) is 0 Å². The number of hydrogen-bond acceptors (Lipinski definition) is 4. The molecule has 2 aliphatic heterocycles. The van der Waals surface area contributed by atoms with E-state index >= 15 is 0 Å². The van der Waals surface area contributed by atoms with Gasteiger partial charge in [-0.2, -0.15) is 4.58 Å². The summed E-state index contributed by atoms with van der Waals surface area (Å²) in [4.78, 5) is 16.5. The molecule has 0 atom stereocenters. The van der Waals surface area contributed by atoms with Crippen molar-refractivity contribution >= 4 is 34.5 Å². The van der Waals surface area contributed by atoms with Crippen LogP contribution in [0.4, 0.5) is 11.4 Å². The van der Waals surface area contributed by atoms with Crippen molar-refractivity contribution in [3.63, 3.8) is 0 Å². The molecule has 0 saturated carbocycles. The molecular weight excluding hydrogens is 700 g/mol. The number of fused-ring (bicyclic) bond motifs is 2. The highest BCUT2D eigenvalue weighted by molar-refractivity contribution is 6.30. The first kappa shape index (κ1) is 42.8. The molecule has 3 aliphatic rings. The van der Waals surface area contributed by atoms with Crippen LogP contribution in [0.15, 0.2) is 71.2 Å². The van der Waals surface area contributed by atoms with Gasteiger partial charge < -0.3 is 14.7 Å². The predicted molar refractivity (Wildman–Crippen MR) is 233 cm³/mol. The van der Waals surface area contributed by atoms with E-state index in [1.54, 1.807) is 0 Å². The smallest absolute Gasteiger partial charge is 0.210 e. The van der Waals surface area contributed by atoms with Crippen molar-refractivity contribution in [1.29, 1.82) is 0 Å². The number of ether oxygens (including phenoxy) is 1. The van der Waals surface area contributed by atoms with Crippen LogP contribution in [0.2, 0.25) is 5.02 Å². The molecule has 2 heterocycles. The maximum absolute atomic E-state index is 14.2. The number of ketones is 1. The number of carbonyl (C=O) groups excluding carboxylic acids is 1. The molecule has 0 fully saturated rings. The molecule has 0 spiro atoms. The fourth-order valence-electron chi connectivity index (χ4n) is 8.84. The molecule has 6 heteroatoms. The van der Waals surface area contributed by atoms with E-state index in [0.717, 1.165) is 60.0 Å². The van der Waals surface area contributed by atoms with E-state index in [9.17, 15) is 9.90 Å². The number of unbranched alkanes of at least 4 members (excludes halogenated alkanes) is 14. The third-order valence-corrected chi connectivity index (χ3v) is 12.4. The molecule has 2 aromatic rings. The Morgan fingerprint density at radius 2 is 1.36 bits per heavy atom. The van der Waals surface area contributed by atoms with Crippen LogP contribution in [0.5, 0.6) is 5.75 Å². The molecule has 55 heavy (non-hydrogen) atoms. The summed E-state index contributed by atoms with van der Waals surface area (Å²) >= 11 is 6.54. The molecular formula is C49H70ClN2O3+. The minimum absolute atomic E-state index is 0.0784. The number of Topliss-reactive ketones (excluding diaryl/α,β-unsaturated/α-hetero) is 1. The van der Waals surface area contributed by atoms with Gasteiger partial charge in [0.25, 0.3) is 0 Å². The van der Waals surface area contributed by atoms with Gasteiger partial charge >= 0.3 is 0 Å². The fraction of sp³-hybridized carbons (Fsp3) is 0.592. The Hall–Kier alpha value is -3.31. The maximum Gasteiger partial charge on any atom is 0.210 e. The number of carbonyl (C=O) groups is 1. The summed E-state index contributed by atoms with van der Waals surface area (Å²) in [5.41, 5.74) is 6.78. The van der Waals surface area contributed by atoms with Gasteiger partial charge in [0.05, 0.1) is 22.7 Å². The lowest BCUT2D eigenvalue weighted by Crippen LogP contribution is -2.32. The lowest BCUT2D eigenvalue weighted by atomic mass is 9.77. The number of hydrogen-bond donors (Lipinski definition) is 1. The van der Waals surface area contributed by atoms with Crippen molar-refractivity contribution in [2.75, 3.05) is 18.0 Å². The summed E-state index contributed by atoms with van der Waals surface area (Å²) in [5.74, 6) is 0.846. The summed E-state index contributed by atoms with van der Waals surface area (Å²) < 4.78 is 8.52. The zero-order valence-electron chi connectivity index (χ0n) is 35.5. The lowest BCUT2D eigenvalue weighted by Gasteiger charge is -2.29. The van der Waals surface area contributed by atoms with Gasteiger partial charge in [-0.15, -0.1) is 0 Å². The van der Waals surface area contributed by atoms with Gasteiger partial charge in [-0.05, 0) is 82.5 Å². The molecule has 300 valence electrons. The summed E-state index contributed by atoms with van der Waals surface area (Å²) in [6, 6.07) is 12.5. The topological polar surface area (TPSA) is 52.8 Å². The van der Waals surface area contributed by atoms with E-state index in [1.165, 1.54) is 95.5 Å². The summed E-state index contributed by atoms with van der Waals surface area (Å²) in [5, 5.41) is 12.4. The largest absolute Gasteiger partial charge is 0.506 e. The predicted octanol–water partition coefficient (Wildman–Crippen LogP) is 13.8. The van der Waals surface area contributed by atoms with E-state index in [0.29, 0.717) is 16.2 Å². The standard InChI is InChI=1S/C49H69ClN2O3/c1-9-11-13-15-17-19-21-23-29-51-42-27-25-36(50)31-40(42)48(5,6)44(51)33-38-46(53)39(47(38)54)34-45-49(7,8)41-32-37(55-35(3)4)26-28-43(41)52(45)30-24-22-20-18-16-14-12-10-2/h25-28,31-35H,9-24,29-30H2,1-8H3/p+1. The molecule has 5 rings (SSSR count). The van der Waals surface area contributed by atoms with Crippen molar-refractivity contribution < 1.29 is 19.2 Å². The van der Waals surface area contributed by atoms with Gasteiger partial charge in [0.1, 0.15) is 18.1 Å². The summed E-state index contributed by atoms with van der Waals surface area (Å²) in [6.45, 7) is 19.2. The first-order valence-electron chi connectivity index (χ1n) is 21.8. The third kappa shape index (κ3) is 9.81. The fourth-order valence-corrected chi connectivity index (χ4v) is 9.01. The number of benzene rings is 2. The number of anilines is 1. The minimum atomic E-state index is -0.380. The Bertz CT molecular complexity index is 1790. The second-order valence-electron chi connectivity index (χ2n) is 17.6. The molecule has 0 bridgehead atoms. The van der Waals surface area contributed by atoms with Crippen LogP contribution in [-0.4, -0.2) is 40.4 Å². The van der Waals surface area contributed by atoms with Crippen LogP contribution in [0.1, 0.15) is 169 Å². The number of rotatable bonds is 22. The SMILES string of the molecule is CCCCCCCCCCN1/C(=C\C2=C(O)C(=CC3=[N+](CCCCCCCCCC)c4ccc(OC(C)C)cc4C3(C)C)C2=O)C(C)(C)c2cc(Cl)ccc21. The number of aliphatic hydroxyl groups is 1. The quantitative estimate of drug-likeness (QED) is 0.0736. The van der Waals surface area contributed by atoms with Crippen molar-refractivity contribution in [2.24, 2.45) is 0 Å². The van der Waals surface area contributed by atoms with Crippen LogP contribution in [-0.2, 0) is 15.6 Å². The lowest BCUT2D eigenvalue weighted by molar-refractivity contribution is -0.438. The molecule has 0 aromatic heterocycles. The minimum Gasteiger partial charge on any atom is -0.506 e. The molecule has 0 amide bonds. The van der Waals surface area contributed by atoms with E-state index in [1.807, 2.05) is 18.2 Å². The Labute approximate surface area is 338 Å². The highest BCUT2D eigenvalue weighted by Crippen LogP contribution is 2.50. The van der Waals surface area contributed by atoms with Gasteiger partial charge in [0.15, 0.2) is 5.71 Å². The Balaban J connectivity index is 1.42. The molecule has 0 saturated heterocycles. The van der Waals surface area contributed by atoms with Crippen molar-refractivity contribution in [3.8, 4) is 5.75 Å².